The number of benzene rings is 9. The lowest BCUT2D eigenvalue weighted by Gasteiger charge is -2.51. The third-order valence-corrected chi connectivity index (χ3v) is 20.0. The van der Waals surface area contributed by atoms with Crippen molar-refractivity contribution in [1.29, 1.82) is 0 Å². The van der Waals surface area contributed by atoms with Crippen LogP contribution >= 0.6 is 0 Å². The summed E-state index contributed by atoms with van der Waals surface area (Å²) in [6, 6.07) is 73.8. The number of hydrogen-bond acceptors (Lipinski definition) is 3. The van der Waals surface area contributed by atoms with Crippen molar-refractivity contribution < 1.29 is 0 Å². The molecule has 9 aromatic carbocycles. The summed E-state index contributed by atoms with van der Waals surface area (Å²) in [5.74, 6) is 0. The Labute approximate surface area is 497 Å². The van der Waals surface area contributed by atoms with Crippen molar-refractivity contribution in [3.8, 4) is 33.4 Å². The Morgan fingerprint density at radius 2 is 0.843 bits per heavy atom. The van der Waals surface area contributed by atoms with Crippen LogP contribution in [0.25, 0.3) is 33.4 Å². The smallest absolute Gasteiger partial charge is 0.252 e. The molecular weight excluding hydrogens is 1000 g/mol. The maximum absolute atomic E-state index is 2.84. The van der Waals surface area contributed by atoms with Crippen molar-refractivity contribution in [1.82, 2.24) is 0 Å². The minimum atomic E-state index is -0.221. The van der Waals surface area contributed by atoms with E-state index in [-0.39, 0.29) is 39.3 Å². The molecule has 1 aliphatic carbocycles. The zero-order chi connectivity index (χ0) is 58.3. The lowest BCUT2D eigenvalue weighted by molar-refractivity contribution is 0.195. The molecular formula is C79H84BN3. The Balaban J connectivity index is 1.20. The summed E-state index contributed by atoms with van der Waals surface area (Å²) in [7, 11) is 0. The van der Waals surface area contributed by atoms with E-state index in [1.807, 2.05) is 0 Å². The first-order chi connectivity index (χ1) is 39.3. The minimum Gasteiger partial charge on any atom is -0.334 e. The van der Waals surface area contributed by atoms with Gasteiger partial charge in [0.05, 0.1) is 16.9 Å². The Morgan fingerprint density at radius 3 is 1.40 bits per heavy atom. The Morgan fingerprint density at radius 1 is 0.373 bits per heavy atom. The van der Waals surface area contributed by atoms with Gasteiger partial charge >= 0.3 is 0 Å². The molecule has 1 saturated carbocycles. The summed E-state index contributed by atoms with van der Waals surface area (Å²) in [6.07, 6.45) is 4.63. The van der Waals surface area contributed by atoms with Gasteiger partial charge in [-0.3, -0.25) is 0 Å². The molecule has 0 bridgehead atoms. The van der Waals surface area contributed by atoms with E-state index in [1.165, 1.54) is 141 Å². The third kappa shape index (κ3) is 8.82. The van der Waals surface area contributed by atoms with Gasteiger partial charge < -0.3 is 14.7 Å². The molecule has 9 aromatic rings. The predicted octanol–water partition coefficient (Wildman–Crippen LogP) is 20.0. The van der Waals surface area contributed by atoms with Gasteiger partial charge in [-0.2, -0.15) is 0 Å². The third-order valence-electron chi connectivity index (χ3n) is 20.0. The van der Waals surface area contributed by atoms with Crippen molar-refractivity contribution in [3.05, 3.63) is 221 Å². The molecule has 2 unspecified atom stereocenters. The number of hydrogen-bond donors (Lipinski definition) is 0. The monoisotopic (exact) mass is 1090 g/mol. The quantitative estimate of drug-likeness (QED) is 0.154. The summed E-state index contributed by atoms with van der Waals surface area (Å²) >= 11 is 0. The molecule has 83 heavy (non-hydrogen) atoms. The molecule has 3 aliphatic heterocycles. The van der Waals surface area contributed by atoms with Crippen LogP contribution in [0.1, 0.15) is 156 Å². The van der Waals surface area contributed by atoms with E-state index in [1.54, 1.807) is 0 Å². The van der Waals surface area contributed by atoms with Crippen molar-refractivity contribution in [2.24, 2.45) is 0 Å². The van der Waals surface area contributed by atoms with E-state index in [0.29, 0.717) is 0 Å². The second kappa shape index (κ2) is 19.2. The summed E-state index contributed by atoms with van der Waals surface area (Å²) in [6.45, 7) is 35.7. The van der Waals surface area contributed by atoms with Crippen LogP contribution in [-0.4, -0.2) is 12.3 Å². The van der Waals surface area contributed by atoms with Gasteiger partial charge in [-0.1, -0.05) is 230 Å². The highest BCUT2D eigenvalue weighted by molar-refractivity contribution is 7.00. The fourth-order valence-corrected chi connectivity index (χ4v) is 14.9. The number of rotatable bonds is 6. The maximum atomic E-state index is 2.84. The molecule has 4 heteroatoms. The van der Waals surface area contributed by atoms with Crippen LogP contribution < -0.4 is 31.1 Å². The molecule has 2 atom stereocenters. The van der Waals surface area contributed by atoms with E-state index in [9.17, 15) is 0 Å². The van der Waals surface area contributed by atoms with E-state index in [4.69, 9.17) is 0 Å². The van der Waals surface area contributed by atoms with Crippen molar-refractivity contribution in [2.45, 2.75) is 162 Å². The van der Waals surface area contributed by atoms with Crippen LogP contribution in [0.4, 0.5) is 45.5 Å². The van der Waals surface area contributed by atoms with Gasteiger partial charge in [0.1, 0.15) is 0 Å². The molecule has 0 saturated heterocycles. The first kappa shape index (κ1) is 54.7. The first-order valence-electron chi connectivity index (χ1n) is 30.8. The highest BCUT2D eigenvalue weighted by Gasteiger charge is 2.58. The van der Waals surface area contributed by atoms with Crippen LogP contribution in [0, 0.1) is 6.92 Å². The van der Waals surface area contributed by atoms with Gasteiger partial charge in [-0.15, -0.1) is 0 Å². The molecule has 0 aromatic heterocycles. The first-order valence-corrected chi connectivity index (χ1v) is 30.8. The molecule has 4 aliphatic rings. The van der Waals surface area contributed by atoms with Crippen LogP contribution in [-0.2, 0) is 27.1 Å². The largest absolute Gasteiger partial charge is 0.334 e. The van der Waals surface area contributed by atoms with E-state index in [2.05, 4.69) is 307 Å². The van der Waals surface area contributed by atoms with Gasteiger partial charge in [-0.05, 0) is 181 Å². The zero-order valence-electron chi connectivity index (χ0n) is 52.1. The van der Waals surface area contributed by atoms with E-state index < -0.39 is 0 Å². The van der Waals surface area contributed by atoms with Crippen LogP contribution in [0.15, 0.2) is 188 Å². The minimum absolute atomic E-state index is 0.0624. The van der Waals surface area contributed by atoms with E-state index >= 15 is 0 Å². The summed E-state index contributed by atoms with van der Waals surface area (Å²) in [4.78, 5) is 8.26. The maximum Gasteiger partial charge on any atom is 0.252 e. The second-order valence-electron chi connectivity index (χ2n) is 29.4. The van der Waals surface area contributed by atoms with Gasteiger partial charge in [0, 0.05) is 50.7 Å². The lowest BCUT2D eigenvalue weighted by Crippen LogP contribution is -2.62. The van der Waals surface area contributed by atoms with Crippen molar-refractivity contribution in [3.63, 3.8) is 0 Å². The van der Waals surface area contributed by atoms with Gasteiger partial charge in [0.2, 0.25) is 0 Å². The molecule has 0 spiro atoms. The Hall–Kier alpha value is -7.56. The molecule has 0 radical (unpaired) electrons. The molecule has 0 amide bonds. The number of anilines is 8. The number of aryl methyl sites for hydroxylation is 1. The highest BCUT2D eigenvalue weighted by Crippen LogP contribution is 2.63. The second-order valence-corrected chi connectivity index (χ2v) is 29.4. The predicted molar refractivity (Wildman–Crippen MR) is 359 cm³/mol. The van der Waals surface area contributed by atoms with Crippen LogP contribution in [0.3, 0.4) is 0 Å². The average Bonchev–Trinajstić information content (AvgIpc) is 1.91. The van der Waals surface area contributed by atoms with Gasteiger partial charge in [0.25, 0.3) is 6.71 Å². The summed E-state index contributed by atoms with van der Waals surface area (Å²) < 4.78 is 0. The molecule has 13 rings (SSSR count). The van der Waals surface area contributed by atoms with Crippen LogP contribution in [0.5, 0.6) is 0 Å². The Kier molecular flexibility index (Phi) is 12.7. The topological polar surface area (TPSA) is 9.72 Å². The number of nitrogens with zero attached hydrogens (tertiary/aromatic N) is 3. The molecule has 418 valence electrons. The van der Waals surface area contributed by atoms with Crippen molar-refractivity contribution in [2.75, 3.05) is 14.7 Å². The number of fused-ring (bicyclic) bond motifs is 7. The molecule has 0 N–H and O–H groups in total. The Bertz CT molecular complexity index is 4030. The molecule has 1 fully saturated rings. The van der Waals surface area contributed by atoms with Gasteiger partial charge in [0.15, 0.2) is 0 Å². The normalized spacial score (nSPS) is 18.3. The van der Waals surface area contributed by atoms with Crippen molar-refractivity contribution >= 4 is 68.6 Å². The van der Waals surface area contributed by atoms with E-state index in [0.717, 1.165) is 12.8 Å². The van der Waals surface area contributed by atoms with Gasteiger partial charge in [-0.25, -0.2) is 0 Å². The molecule has 3 heterocycles. The fraction of sp³-hybridized carbons (Fsp3) is 0.316. The average molecular weight is 1090 g/mol. The fourth-order valence-electron chi connectivity index (χ4n) is 14.9. The zero-order valence-corrected chi connectivity index (χ0v) is 52.1. The van der Waals surface area contributed by atoms with Crippen LogP contribution in [0.2, 0.25) is 0 Å². The summed E-state index contributed by atoms with van der Waals surface area (Å²) in [5, 5.41) is 0. The standard InChI is InChI=1S/C79H84BN3/c1-51-26-22-23-31-60(51)54-32-38-68-63(44-54)78(14)42-24-25-43-79(78,15)83(68)59-49-71-73-72(50-59)82(67-40-35-56(75(5,6)7)46-62(67)53-29-20-17-21-30-53)70-48-58(77(11,12)13)33-37-64(70)80(73)65-47-57(76(8,9)10)36-41-69(65)81(71)66-39-34-55(74(2,3)4)45-61(66)52-27-18-16-19-28-52/h16-23,26-41,44-50H,24-25,42-43H2,1-15H3. The molecule has 3 nitrogen and oxygen atoms in total. The SMILES string of the molecule is Cc1ccccc1-c1ccc2c(c1)C1(C)CCCCC1(C)N2c1cc2c3c(c1)N(c1ccc(C(C)(C)C)cc1-c1ccccc1)c1cc(C(C)(C)C)ccc1B3c1cc(C(C)(C)C)ccc1N2c1ccc(C(C)(C)C)cc1-c1ccccc1. The summed E-state index contributed by atoms with van der Waals surface area (Å²) in [5.41, 5.74) is 28.8. The highest BCUT2D eigenvalue weighted by atomic mass is 15.3. The lowest BCUT2D eigenvalue weighted by atomic mass is 9.33.